The minimum atomic E-state index is -0.951. The van der Waals surface area contributed by atoms with Crippen molar-refractivity contribution in [2.75, 3.05) is 17.1 Å². The van der Waals surface area contributed by atoms with Crippen LogP contribution in [-0.2, 0) is 9.59 Å². The number of anilines is 1. The van der Waals surface area contributed by atoms with Crippen molar-refractivity contribution in [1.29, 1.82) is 0 Å². The molecular weight excluding hydrogens is 418 g/mol. The van der Waals surface area contributed by atoms with E-state index in [2.05, 4.69) is 33.7 Å². The third-order valence-electron chi connectivity index (χ3n) is 3.78. The normalized spacial score (nSPS) is 11.8. The predicted molar refractivity (Wildman–Crippen MR) is 111 cm³/mol. The first-order chi connectivity index (χ1) is 12.5. The van der Waals surface area contributed by atoms with E-state index in [0.717, 1.165) is 30.2 Å². The number of aliphatic carboxylic acids is 1. The quantitative estimate of drug-likeness (QED) is 0.314. The molecule has 1 aromatic rings. The molecule has 146 valence electrons. The van der Waals surface area contributed by atoms with E-state index in [9.17, 15) is 14.7 Å². The number of rotatable bonds is 13. The number of thioether (sulfide) groups is 1. The zero-order valence-corrected chi connectivity index (χ0v) is 17.7. The summed E-state index contributed by atoms with van der Waals surface area (Å²) >= 11 is 5.04. The van der Waals surface area contributed by atoms with Gasteiger partial charge in [0.05, 0.1) is 5.69 Å². The Bertz CT molecular complexity index is 574. The van der Waals surface area contributed by atoms with Crippen LogP contribution in [0.5, 0.6) is 0 Å². The number of carbonyl (C=O) groups is 2. The van der Waals surface area contributed by atoms with Crippen LogP contribution in [0.1, 0.15) is 45.4 Å². The number of carbonyl (C=O) groups excluding carboxylic acids is 1. The maximum Gasteiger partial charge on any atom is 0.322 e. The van der Waals surface area contributed by atoms with Crippen LogP contribution in [-0.4, -0.2) is 35.0 Å². The number of nitrogens with zero attached hydrogens (tertiary/aromatic N) is 1. The van der Waals surface area contributed by atoms with Crippen molar-refractivity contribution in [2.24, 2.45) is 0 Å². The molecule has 0 aliphatic heterocycles. The molecular formula is C18H28BrN3O3S. The van der Waals surface area contributed by atoms with Crippen molar-refractivity contribution in [3.8, 4) is 0 Å². The van der Waals surface area contributed by atoms with E-state index >= 15 is 0 Å². The Morgan fingerprint density at radius 3 is 2.62 bits per heavy atom. The molecule has 0 spiro atoms. The van der Waals surface area contributed by atoms with Gasteiger partial charge in [-0.25, -0.2) is 10.5 Å². The van der Waals surface area contributed by atoms with Gasteiger partial charge in [0.25, 0.3) is 0 Å². The summed E-state index contributed by atoms with van der Waals surface area (Å²) in [5, 5.41) is 10.9. The van der Waals surface area contributed by atoms with Crippen molar-refractivity contribution in [2.45, 2.75) is 51.5 Å². The van der Waals surface area contributed by atoms with E-state index in [4.69, 9.17) is 0 Å². The minimum absolute atomic E-state index is 0.140. The van der Waals surface area contributed by atoms with Gasteiger partial charge in [0, 0.05) is 10.9 Å². The van der Waals surface area contributed by atoms with Crippen LogP contribution in [0.3, 0.4) is 0 Å². The first-order valence-corrected chi connectivity index (χ1v) is 11.0. The summed E-state index contributed by atoms with van der Waals surface area (Å²) in [6.45, 7) is 2.12. The molecule has 1 atom stereocenters. The van der Waals surface area contributed by atoms with Crippen LogP contribution in [0, 0.1) is 0 Å². The minimum Gasteiger partial charge on any atom is -0.480 e. The molecule has 0 saturated heterocycles. The van der Waals surface area contributed by atoms with Crippen LogP contribution in [0.25, 0.3) is 0 Å². The maximum absolute atomic E-state index is 12.3. The van der Waals surface area contributed by atoms with E-state index in [1.807, 2.05) is 30.5 Å². The fourth-order valence-corrected chi connectivity index (χ4v) is 3.26. The van der Waals surface area contributed by atoms with Crippen molar-refractivity contribution >= 4 is 45.3 Å². The molecule has 8 heteroatoms. The Labute approximate surface area is 168 Å². The number of unbranched alkanes of at least 4 members (excludes halogenated alkanes) is 3. The summed E-state index contributed by atoms with van der Waals surface area (Å²) in [5.41, 5.74) is 6.39. The third-order valence-corrected chi connectivity index (χ3v) is 5.10. The van der Waals surface area contributed by atoms with Gasteiger partial charge >= 0.3 is 5.97 Å². The molecule has 0 radical (unpaired) electrons. The molecule has 0 heterocycles. The van der Waals surface area contributed by atoms with E-state index in [1.165, 1.54) is 5.12 Å². The number of benzene rings is 1. The summed E-state index contributed by atoms with van der Waals surface area (Å²) in [6.07, 6.45) is 6.84. The number of halogens is 1. The molecule has 0 bridgehead atoms. The van der Waals surface area contributed by atoms with Crippen molar-refractivity contribution in [3.63, 3.8) is 0 Å². The predicted octanol–water partition coefficient (Wildman–Crippen LogP) is 3.97. The van der Waals surface area contributed by atoms with Crippen molar-refractivity contribution in [1.82, 2.24) is 10.9 Å². The number of nitrogens with one attached hydrogen (secondary N) is 2. The highest BCUT2D eigenvalue weighted by molar-refractivity contribution is 9.10. The second-order valence-corrected chi connectivity index (χ2v) is 7.77. The highest BCUT2D eigenvalue weighted by Crippen LogP contribution is 2.24. The molecule has 1 aromatic carbocycles. The highest BCUT2D eigenvalue weighted by atomic mass is 79.9. The van der Waals surface area contributed by atoms with Crippen LogP contribution in [0.2, 0.25) is 0 Å². The Balaban J connectivity index is 2.83. The van der Waals surface area contributed by atoms with Gasteiger partial charge in [-0.15, -0.1) is 0 Å². The van der Waals surface area contributed by atoms with Gasteiger partial charge < -0.3 is 5.11 Å². The lowest BCUT2D eigenvalue weighted by molar-refractivity contribution is -0.140. The van der Waals surface area contributed by atoms with E-state index in [-0.39, 0.29) is 5.91 Å². The average Bonchev–Trinajstić information content (AvgIpc) is 2.61. The smallest absolute Gasteiger partial charge is 0.322 e. The van der Waals surface area contributed by atoms with E-state index in [1.54, 1.807) is 11.8 Å². The fraction of sp³-hybridized carbons (Fsp3) is 0.556. The summed E-state index contributed by atoms with van der Waals surface area (Å²) < 4.78 is 0.757. The van der Waals surface area contributed by atoms with Gasteiger partial charge in [0.1, 0.15) is 6.04 Å². The van der Waals surface area contributed by atoms with Gasteiger partial charge in [-0.1, -0.05) is 38.3 Å². The molecule has 1 unspecified atom stereocenters. The van der Waals surface area contributed by atoms with Gasteiger partial charge in [-0.3, -0.25) is 15.0 Å². The first kappa shape index (κ1) is 22.8. The van der Waals surface area contributed by atoms with Gasteiger partial charge in [-0.05, 0) is 52.9 Å². The lowest BCUT2D eigenvalue weighted by Crippen LogP contribution is -2.57. The Morgan fingerprint density at radius 2 is 2.00 bits per heavy atom. The van der Waals surface area contributed by atoms with Gasteiger partial charge in [-0.2, -0.15) is 11.8 Å². The number of carboxylic acid groups (broad SMARTS) is 1. The lowest BCUT2D eigenvalue weighted by Gasteiger charge is -2.29. The molecule has 0 aliphatic rings. The topological polar surface area (TPSA) is 81.7 Å². The average molecular weight is 446 g/mol. The zero-order valence-electron chi connectivity index (χ0n) is 15.3. The van der Waals surface area contributed by atoms with Crippen LogP contribution >= 0.6 is 27.7 Å². The van der Waals surface area contributed by atoms with Crippen LogP contribution in [0.4, 0.5) is 5.69 Å². The Morgan fingerprint density at radius 1 is 1.27 bits per heavy atom. The summed E-state index contributed by atoms with van der Waals surface area (Å²) in [4.78, 5) is 23.9. The molecule has 1 rings (SSSR count). The number of amides is 1. The van der Waals surface area contributed by atoms with Gasteiger partial charge in [0.2, 0.25) is 5.91 Å². The standard InChI is InChI=1S/C18H28BrN3O3S/c1-3-4-5-6-11-17(23)21-22(16-10-8-7-9-14(16)19)20-15(18(24)25)12-13-26-2/h7-10,15,20H,3-6,11-13H2,1-2H3,(H,21,23)(H,24,25). The molecule has 26 heavy (non-hydrogen) atoms. The summed E-state index contributed by atoms with van der Waals surface area (Å²) in [7, 11) is 0. The molecule has 6 nitrogen and oxygen atoms in total. The number of hydrogen-bond donors (Lipinski definition) is 3. The SMILES string of the molecule is CCCCCCC(=O)NN(NC(CCSC)C(=O)O)c1ccccc1Br. The fourth-order valence-electron chi connectivity index (χ4n) is 2.32. The number of carboxylic acids is 1. The molecule has 0 aromatic heterocycles. The van der Waals surface area contributed by atoms with Crippen LogP contribution in [0.15, 0.2) is 28.7 Å². The molecule has 0 saturated carbocycles. The second kappa shape index (κ2) is 13.0. The van der Waals surface area contributed by atoms with Crippen LogP contribution < -0.4 is 16.0 Å². The lowest BCUT2D eigenvalue weighted by atomic mass is 10.1. The Hall–Kier alpha value is -1.25. The third kappa shape index (κ3) is 8.42. The zero-order chi connectivity index (χ0) is 19.4. The number of para-hydroxylation sites is 1. The molecule has 0 aliphatic carbocycles. The number of hydrogen-bond acceptors (Lipinski definition) is 5. The molecule has 1 amide bonds. The van der Waals surface area contributed by atoms with Crippen molar-refractivity contribution < 1.29 is 14.7 Å². The summed E-state index contributed by atoms with van der Waals surface area (Å²) in [5.74, 6) is -0.384. The largest absolute Gasteiger partial charge is 0.480 e. The van der Waals surface area contributed by atoms with E-state index in [0.29, 0.717) is 24.3 Å². The summed E-state index contributed by atoms with van der Waals surface area (Å²) in [6, 6.07) is 6.55. The molecule has 3 N–H and O–H groups in total. The maximum atomic E-state index is 12.3. The molecule has 0 fully saturated rings. The highest BCUT2D eigenvalue weighted by Gasteiger charge is 2.22. The second-order valence-electron chi connectivity index (χ2n) is 5.93. The monoisotopic (exact) mass is 445 g/mol. The Kier molecular flexibility index (Phi) is 11.4. The van der Waals surface area contributed by atoms with Crippen molar-refractivity contribution in [3.05, 3.63) is 28.7 Å². The first-order valence-electron chi connectivity index (χ1n) is 8.81. The van der Waals surface area contributed by atoms with Gasteiger partial charge in [0.15, 0.2) is 0 Å². The number of hydrazine groups is 2. The van der Waals surface area contributed by atoms with E-state index < -0.39 is 12.0 Å².